The molecule has 0 atom stereocenters. The number of carboxylic acids is 1. The Hall–Kier alpha value is -2.56. The van der Waals surface area contributed by atoms with Gasteiger partial charge in [0.05, 0.1) is 18.2 Å². The molecular formula is C14H13NO4. The first-order chi connectivity index (χ1) is 9.15. The third kappa shape index (κ3) is 3.70. The Morgan fingerprint density at radius 2 is 1.89 bits per heavy atom. The van der Waals surface area contributed by atoms with Crippen molar-refractivity contribution in [2.75, 3.05) is 0 Å². The van der Waals surface area contributed by atoms with Crippen LogP contribution in [0.1, 0.15) is 21.7 Å². The van der Waals surface area contributed by atoms with E-state index in [-0.39, 0.29) is 17.9 Å². The molecule has 1 aromatic heterocycles. The Balaban J connectivity index is 1.84. The molecule has 19 heavy (non-hydrogen) atoms. The predicted molar refractivity (Wildman–Crippen MR) is 67.7 cm³/mol. The molecule has 0 radical (unpaired) electrons. The molecule has 0 saturated heterocycles. The summed E-state index contributed by atoms with van der Waals surface area (Å²) in [5.74, 6) is -0.496. The van der Waals surface area contributed by atoms with Crippen LogP contribution < -0.4 is 5.32 Å². The number of hydrogen-bond acceptors (Lipinski definition) is 3. The monoisotopic (exact) mass is 259 g/mol. The lowest BCUT2D eigenvalue weighted by Crippen LogP contribution is -2.24. The summed E-state index contributed by atoms with van der Waals surface area (Å²) in [6, 6.07) is 9.84. The highest BCUT2D eigenvalue weighted by Gasteiger charge is 2.06. The zero-order chi connectivity index (χ0) is 13.7. The first-order valence-electron chi connectivity index (χ1n) is 5.76. The van der Waals surface area contributed by atoms with Crippen LogP contribution in [0.15, 0.2) is 47.1 Å². The quantitative estimate of drug-likeness (QED) is 0.858. The molecule has 0 fully saturated rings. The lowest BCUT2D eigenvalue weighted by Gasteiger charge is -2.04. The molecule has 1 aromatic carbocycles. The Kier molecular flexibility index (Phi) is 3.97. The van der Waals surface area contributed by atoms with Crippen LogP contribution in [0.25, 0.3) is 0 Å². The highest BCUT2D eigenvalue weighted by atomic mass is 16.4. The number of aromatic carboxylic acids is 1. The van der Waals surface area contributed by atoms with Crippen molar-refractivity contribution < 1.29 is 19.1 Å². The lowest BCUT2D eigenvalue weighted by molar-refractivity contribution is -0.120. The molecular weight excluding hydrogens is 246 g/mol. The second kappa shape index (κ2) is 5.86. The number of furan rings is 1. The summed E-state index contributed by atoms with van der Waals surface area (Å²) in [6.07, 6.45) is 1.72. The normalized spacial score (nSPS) is 10.1. The number of rotatable bonds is 5. The molecule has 2 rings (SSSR count). The van der Waals surface area contributed by atoms with E-state index in [1.54, 1.807) is 24.3 Å². The number of carboxylic acid groups (broad SMARTS) is 1. The Morgan fingerprint density at radius 1 is 1.16 bits per heavy atom. The second-order valence-electron chi connectivity index (χ2n) is 4.03. The minimum absolute atomic E-state index is 0.141. The van der Waals surface area contributed by atoms with Gasteiger partial charge in [-0.25, -0.2) is 4.79 Å². The van der Waals surface area contributed by atoms with E-state index in [9.17, 15) is 9.59 Å². The van der Waals surface area contributed by atoms with Crippen molar-refractivity contribution >= 4 is 11.9 Å². The Labute approximate surface area is 109 Å². The average molecular weight is 259 g/mol. The summed E-state index contributed by atoms with van der Waals surface area (Å²) in [5.41, 5.74) is 1.07. The summed E-state index contributed by atoms with van der Waals surface area (Å²) in [5, 5.41) is 11.5. The largest absolute Gasteiger partial charge is 0.478 e. The predicted octanol–water partition coefficient (Wildman–Crippen LogP) is 1.84. The molecule has 1 heterocycles. The van der Waals surface area contributed by atoms with E-state index in [0.717, 1.165) is 5.56 Å². The van der Waals surface area contributed by atoms with Crippen LogP contribution in [-0.2, 0) is 17.8 Å². The van der Waals surface area contributed by atoms with E-state index < -0.39 is 5.97 Å². The van der Waals surface area contributed by atoms with Crippen LogP contribution in [0.3, 0.4) is 0 Å². The second-order valence-corrected chi connectivity index (χ2v) is 4.03. The fourth-order valence-corrected chi connectivity index (χ4v) is 1.60. The summed E-state index contributed by atoms with van der Waals surface area (Å²) in [6.45, 7) is 0.361. The third-order valence-corrected chi connectivity index (χ3v) is 2.61. The molecule has 0 spiro atoms. The minimum Gasteiger partial charge on any atom is -0.478 e. The zero-order valence-electron chi connectivity index (χ0n) is 10.1. The molecule has 5 heteroatoms. The molecule has 0 aliphatic carbocycles. The van der Waals surface area contributed by atoms with Gasteiger partial charge in [0.15, 0.2) is 0 Å². The van der Waals surface area contributed by atoms with Gasteiger partial charge in [-0.1, -0.05) is 12.1 Å². The number of benzene rings is 1. The van der Waals surface area contributed by atoms with Crippen molar-refractivity contribution in [1.29, 1.82) is 0 Å². The van der Waals surface area contributed by atoms with Crippen molar-refractivity contribution in [3.05, 3.63) is 59.5 Å². The molecule has 0 bridgehead atoms. The molecule has 1 amide bonds. The fourth-order valence-electron chi connectivity index (χ4n) is 1.60. The summed E-state index contributed by atoms with van der Waals surface area (Å²) in [7, 11) is 0. The van der Waals surface area contributed by atoms with E-state index in [1.165, 1.54) is 18.4 Å². The van der Waals surface area contributed by atoms with E-state index >= 15 is 0 Å². The molecule has 0 saturated carbocycles. The van der Waals surface area contributed by atoms with Crippen LogP contribution in [0, 0.1) is 0 Å². The number of nitrogens with one attached hydrogen (secondary N) is 1. The number of carbonyl (C=O) groups is 2. The molecule has 0 aliphatic rings. The van der Waals surface area contributed by atoms with Crippen LogP contribution in [0.2, 0.25) is 0 Å². The standard InChI is InChI=1S/C14H13NO4/c16-13(8-12-2-1-7-19-12)15-9-10-3-5-11(6-4-10)14(17)18/h1-7H,8-9H2,(H,15,16)(H,17,18). The topological polar surface area (TPSA) is 79.5 Å². The Bertz CT molecular complexity index is 558. The van der Waals surface area contributed by atoms with E-state index in [2.05, 4.69) is 5.32 Å². The third-order valence-electron chi connectivity index (χ3n) is 2.61. The highest BCUT2D eigenvalue weighted by molar-refractivity contribution is 5.87. The van der Waals surface area contributed by atoms with Crippen LogP contribution in [0.4, 0.5) is 0 Å². The number of hydrogen-bond donors (Lipinski definition) is 2. The van der Waals surface area contributed by atoms with Gasteiger partial charge in [0.25, 0.3) is 0 Å². The van der Waals surface area contributed by atoms with E-state index in [0.29, 0.717) is 12.3 Å². The van der Waals surface area contributed by atoms with Gasteiger partial charge >= 0.3 is 5.97 Å². The first-order valence-corrected chi connectivity index (χ1v) is 5.76. The van der Waals surface area contributed by atoms with Crippen LogP contribution in [-0.4, -0.2) is 17.0 Å². The average Bonchev–Trinajstić information content (AvgIpc) is 2.89. The van der Waals surface area contributed by atoms with Gasteiger partial charge in [-0.15, -0.1) is 0 Å². The Morgan fingerprint density at radius 3 is 2.47 bits per heavy atom. The molecule has 5 nitrogen and oxygen atoms in total. The van der Waals surface area contributed by atoms with Gasteiger partial charge in [-0.3, -0.25) is 4.79 Å². The maximum atomic E-state index is 11.6. The smallest absolute Gasteiger partial charge is 0.335 e. The summed E-state index contributed by atoms with van der Waals surface area (Å²) >= 11 is 0. The minimum atomic E-state index is -0.964. The molecule has 0 aliphatic heterocycles. The molecule has 98 valence electrons. The van der Waals surface area contributed by atoms with Gasteiger partial charge in [0.1, 0.15) is 5.76 Å². The van der Waals surface area contributed by atoms with Gasteiger partial charge in [-0.2, -0.15) is 0 Å². The van der Waals surface area contributed by atoms with Crippen molar-refractivity contribution in [2.45, 2.75) is 13.0 Å². The van der Waals surface area contributed by atoms with Crippen molar-refractivity contribution in [2.24, 2.45) is 0 Å². The van der Waals surface area contributed by atoms with Crippen molar-refractivity contribution in [3.63, 3.8) is 0 Å². The number of carbonyl (C=O) groups excluding carboxylic acids is 1. The number of amides is 1. The highest BCUT2D eigenvalue weighted by Crippen LogP contribution is 2.05. The maximum absolute atomic E-state index is 11.6. The molecule has 2 aromatic rings. The summed E-state index contributed by atoms with van der Waals surface area (Å²) in [4.78, 5) is 22.3. The zero-order valence-corrected chi connectivity index (χ0v) is 10.1. The van der Waals surface area contributed by atoms with Gasteiger partial charge in [0, 0.05) is 6.54 Å². The van der Waals surface area contributed by atoms with Crippen molar-refractivity contribution in [1.82, 2.24) is 5.32 Å². The first kappa shape index (κ1) is 12.9. The van der Waals surface area contributed by atoms with Crippen LogP contribution in [0.5, 0.6) is 0 Å². The van der Waals surface area contributed by atoms with Crippen LogP contribution >= 0.6 is 0 Å². The van der Waals surface area contributed by atoms with E-state index in [1.807, 2.05) is 0 Å². The van der Waals surface area contributed by atoms with Gasteiger partial charge < -0.3 is 14.8 Å². The maximum Gasteiger partial charge on any atom is 0.335 e. The molecule has 2 N–H and O–H groups in total. The summed E-state index contributed by atoms with van der Waals surface area (Å²) < 4.78 is 5.07. The van der Waals surface area contributed by atoms with Gasteiger partial charge in [-0.05, 0) is 29.8 Å². The van der Waals surface area contributed by atoms with Gasteiger partial charge in [0.2, 0.25) is 5.91 Å². The van der Waals surface area contributed by atoms with E-state index in [4.69, 9.17) is 9.52 Å². The van der Waals surface area contributed by atoms with Crippen molar-refractivity contribution in [3.8, 4) is 0 Å². The SMILES string of the molecule is O=C(Cc1ccco1)NCc1ccc(C(=O)O)cc1. The molecule has 0 unspecified atom stereocenters. The lowest BCUT2D eigenvalue weighted by atomic mass is 10.1. The fraction of sp³-hybridized carbons (Fsp3) is 0.143.